The first-order valence-corrected chi connectivity index (χ1v) is 9.55. The molecule has 2 aromatic rings. The van der Waals surface area contributed by atoms with E-state index in [1.165, 1.54) is 35.6 Å². The van der Waals surface area contributed by atoms with E-state index < -0.39 is 0 Å². The lowest BCUT2D eigenvalue weighted by atomic mass is 9.98. The van der Waals surface area contributed by atoms with Crippen molar-refractivity contribution >= 4 is 22.9 Å². The van der Waals surface area contributed by atoms with E-state index in [4.69, 9.17) is 0 Å². The van der Waals surface area contributed by atoms with Crippen LogP contribution in [0, 0.1) is 0 Å². The first-order chi connectivity index (χ1) is 11.8. The van der Waals surface area contributed by atoms with Crippen LogP contribution in [0.25, 0.3) is 10.4 Å². The number of rotatable bonds is 3. The molecule has 0 aromatic carbocycles. The molecule has 1 fully saturated rings. The van der Waals surface area contributed by atoms with Crippen LogP contribution in [0.15, 0.2) is 12.4 Å². The Morgan fingerprint density at radius 1 is 1.25 bits per heavy atom. The largest absolute Gasteiger partial charge is 0.364 e. The Labute approximate surface area is 144 Å². The number of aromatic nitrogens is 2. The number of hydrogen-bond donors (Lipinski definition) is 2. The SMILES string of the molecule is O=C1NC[C@H](CN2CCC2)N2CCCc3c(-c4cn[nH]c4)sc1c32. The van der Waals surface area contributed by atoms with Crippen LogP contribution in [-0.2, 0) is 6.42 Å². The second-order valence-corrected chi connectivity index (χ2v) is 7.91. The van der Waals surface area contributed by atoms with Crippen LogP contribution < -0.4 is 10.2 Å². The van der Waals surface area contributed by atoms with E-state index in [-0.39, 0.29) is 5.91 Å². The van der Waals surface area contributed by atoms with E-state index in [0.717, 1.165) is 42.9 Å². The van der Waals surface area contributed by atoms with Crippen LogP contribution in [0.4, 0.5) is 5.69 Å². The zero-order valence-corrected chi connectivity index (χ0v) is 14.4. The molecule has 3 aliphatic heterocycles. The molecule has 2 N–H and O–H groups in total. The van der Waals surface area contributed by atoms with Crippen molar-refractivity contribution < 1.29 is 4.79 Å². The summed E-state index contributed by atoms with van der Waals surface area (Å²) in [5.74, 6) is 0.0870. The number of amides is 1. The molecule has 24 heavy (non-hydrogen) atoms. The molecule has 3 aliphatic rings. The molecule has 0 radical (unpaired) electrons. The van der Waals surface area contributed by atoms with Crippen molar-refractivity contribution in [3.8, 4) is 10.4 Å². The molecule has 0 spiro atoms. The van der Waals surface area contributed by atoms with Crippen LogP contribution in [0.3, 0.4) is 0 Å². The molecule has 1 saturated heterocycles. The standard InChI is InChI=1S/C17H21N5OS/c23-17-16-14-13(15(24-16)11-7-19-20-8-11)3-1-6-22(14)12(9-18-17)10-21-4-2-5-21/h7-8,12H,1-6,9-10H2,(H,18,23)(H,19,20)/t12-/m1/s1. The summed E-state index contributed by atoms with van der Waals surface area (Å²) >= 11 is 1.62. The summed E-state index contributed by atoms with van der Waals surface area (Å²) in [5.41, 5.74) is 3.63. The normalized spacial score (nSPS) is 23.4. The van der Waals surface area contributed by atoms with E-state index >= 15 is 0 Å². The number of carbonyl (C=O) groups excluding carboxylic acids is 1. The maximum atomic E-state index is 12.7. The maximum absolute atomic E-state index is 12.7. The molecule has 1 amide bonds. The molecule has 2 aromatic heterocycles. The highest BCUT2D eigenvalue weighted by atomic mass is 32.1. The molecule has 5 heterocycles. The third-order valence-electron chi connectivity index (χ3n) is 5.42. The Kier molecular flexibility index (Phi) is 3.38. The lowest BCUT2D eigenvalue weighted by Crippen LogP contribution is -2.52. The summed E-state index contributed by atoms with van der Waals surface area (Å²) in [7, 11) is 0. The minimum Gasteiger partial charge on any atom is -0.364 e. The van der Waals surface area contributed by atoms with Crippen LogP contribution in [0.1, 0.15) is 28.1 Å². The van der Waals surface area contributed by atoms with Gasteiger partial charge in [0.1, 0.15) is 4.88 Å². The summed E-state index contributed by atoms with van der Waals surface area (Å²) in [6, 6.07) is 0.376. The molecule has 1 atom stereocenters. The lowest BCUT2D eigenvalue weighted by molar-refractivity contribution is 0.0954. The highest BCUT2D eigenvalue weighted by Gasteiger charge is 2.37. The molecule has 0 unspecified atom stereocenters. The van der Waals surface area contributed by atoms with E-state index in [2.05, 4.69) is 25.3 Å². The third-order valence-corrected chi connectivity index (χ3v) is 6.68. The molecular formula is C17H21N5OS. The van der Waals surface area contributed by atoms with Gasteiger partial charge in [0.05, 0.1) is 17.9 Å². The van der Waals surface area contributed by atoms with Gasteiger partial charge in [-0.3, -0.25) is 9.89 Å². The third kappa shape index (κ3) is 2.18. The number of hydrogen-bond acceptors (Lipinski definition) is 5. The highest BCUT2D eigenvalue weighted by molar-refractivity contribution is 7.18. The zero-order valence-electron chi connectivity index (χ0n) is 13.5. The second-order valence-electron chi connectivity index (χ2n) is 6.89. The van der Waals surface area contributed by atoms with Gasteiger partial charge >= 0.3 is 0 Å². The Morgan fingerprint density at radius 2 is 2.17 bits per heavy atom. The molecular weight excluding hydrogens is 322 g/mol. The number of aromatic amines is 1. The Morgan fingerprint density at radius 3 is 2.92 bits per heavy atom. The maximum Gasteiger partial charge on any atom is 0.263 e. The van der Waals surface area contributed by atoms with Crippen molar-refractivity contribution in [1.82, 2.24) is 20.4 Å². The number of anilines is 1. The molecule has 0 bridgehead atoms. The summed E-state index contributed by atoms with van der Waals surface area (Å²) in [4.78, 5) is 19.8. The van der Waals surface area contributed by atoms with Gasteiger partial charge in [0, 0.05) is 36.3 Å². The Hall–Kier alpha value is -1.86. The molecule has 7 heteroatoms. The molecule has 0 aliphatic carbocycles. The summed E-state index contributed by atoms with van der Waals surface area (Å²) < 4.78 is 0. The van der Waals surface area contributed by atoms with Gasteiger partial charge in [-0.2, -0.15) is 5.10 Å². The van der Waals surface area contributed by atoms with Crippen LogP contribution in [0.2, 0.25) is 0 Å². The Balaban J connectivity index is 1.59. The van der Waals surface area contributed by atoms with Gasteiger partial charge in [-0.25, -0.2) is 0 Å². The fourth-order valence-electron chi connectivity index (χ4n) is 4.08. The number of thiophene rings is 1. The second kappa shape index (κ2) is 5.60. The number of likely N-dealkylation sites (tertiary alicyclic amines) is 1. The quantitative estimate of drug-likeness (QED) is 0.890. The highest BCUT2D eigenvalue weighted by Crippen LogP contribution is 2.46. The number of carbonyl (C=O) groups is 1. The van der Waals surface area contributed by atoms with E-state index in [9.17, 15) is 4.79 Å². The minimum absolute atomic E-state index is 0.0870. The summed E-state index contributed by atoms with van der Waals surface area (Å²) in [6.45, 7) is 5.24. The van der Waals surface area contributed by atoms with Gasteiger partial charge in [0.2, 0.25) is 0 Å². The average molecular weight is 343 g/mol. The predicted octanol–water partition coefficient (Wildman–Crippen LogP) is 1.71. The first-order valence-electron chi connectivity index (χ1n) is 8.73. The van der Waals surface area contributed by atoms with Gasteiger partial charge in [0.15, 0.2) is 0 Å². The fourth-order valence-corrected chi connectivity index (χ4v) is 5.34. The smallest absolute Gasteiger partial charge is 0.263 e. The van der Waals surface area contributed by atoms with Crippen LogP contribution in [-0.4, -0.2) is 59.8 Å². The van der Waals surface area contributed by atoms with Crippen molar-refractivity contribution in [3.63, 3.8) is 0 Å². The molecule has 126 valence electrons. The summed E-state index contributed by atoms with van der Waals surface area (Å²) in [5, 5.41) is 10.1. The van der Waals surface area contributed by atoms with Crippen molar-refractivity contribution in [2.24, 2.45) is 0 Å². The number of nitrogens with one attached hydrogen (secondary N) is 2. The molecule has 0 saturated carbocycles. The van der Waals surface area contributed by atoms with Gasteiger partial charge in [0.25, 0.3) is 5.91 Å². The van der Waals surface area contributed by atoms with Crippen LogP contribution in [0.5, 0.6) is 0 Å². The van der Waals surface area contributed by atoms with Crippen molar-refractivity contribution in [2.75, 3.05) is 37.6 Å². The van der Waals surface area contributed by atoms with E-state index in [1.807, 2.05) is 12.4 Å². The predicted molar refractivity (Wildman–Crippen MR) is 94.7 cm³/mol. The van der Waals surface area contributed by atoms with E-state index in [0.29, 0.717) is 6.04 Å². The van der Waals surface area contributed by atoms with Crippen molar-refractivity contribution in [3.05, 3.63) is 22.8 Å². The number of nitrogens with zero attached hydrogens (tertiary/aromatic N) is 3. The van der Waals surface area contributed by atoms with Gasteiger partial charge in [-0.05, 0) is 37.9 Å². The average Bonchev–Trinajstić information content (AvgIpc) is 3.17. The zero-order chi connectivity index (χ0) is 16.1. The molecule has 6 nitrogen and oxygen atoms in total. The first kappa shape index (κ1) is 14.5. The topological polar surface area (TPSA) is 64.3 Å². The minimum atomic E-state index is 0.0870. The summed E-state index contributed by atoms with van der Waals surface area (Å²) in [6.07, 6.45) is 7.29. The Bertz CT molecular complexity index is 764. The monoisotopic (exact) mass is 343 g/mol. The van der Waals surface area contributed by atoms with E-state index in [1.54, 1.807) is 11.3 Å². The van der Waals surface area contributed by atoms with Gasteiger partial charge in [-0.15, -0.1) is 11.3 Å². The lowest BCUT2D eigenvalue weighted by Gasteiger charge is -2.41. The van der Waals surface area contributed by atoms with Gasteiger partial charge in [-0.1, -0.05) is 0 Å². The van der Waals surface area contributed by atoms with Crippen molar-refractivity contribution in [2.45, 2.75) is 25.3 Å². The van der Waals surface area contributed by atoms with Crippen LogP contribution >= 0.6 is 11.3 Å². The van der Waals surface area contributed by atoms with Crippen molar-refractivity contribution in [1.29, 1.82) is 0 Å². The van der Waals surface area contributed by atoms with Gasteiger partial charge < -0.3 is 15.1 Å². The molecule has 5 rings (SSSR count). The number of H-pyrrole nitrogens is 1. The fraction of sp³-hybridized carbons (Fsp3) is 0.529.